The highest BCUT2D eigenvalue weighted by Gasteiger charge is 2.18. The Bertz CT molecular complexity index is 468. The van der Waals surface area contributed by atoms with Gasteiger partial charge in [-0.1, -0.05) is 0 Å². The van der Waals surface area contributed by atoms with Gasteiger partial charge in [0.15, 0.2) is 0 Å². The maximum Gasteiger partial charge on any atom is 0.257 e. The van der Waals surface area contributed by atoms with Gasteiger partial charge in [-0.15, -0.1) is 0 Å². The lowest BCUT2D eigenvalue weighted by Crippen LogP contribution is -2.27. The Kier molecular flexibility index (Phi) is 4.84. The van der Waals surface area contributed by atoms with E-state index in [1.807, 2.05) is 0 Å². The van der Waals surface area contributed by atoms with Gasteiger partial charge in [0, 0.05) is 32.5 Å². The van der Waals surface area contributed by atoms with E-state index in [0.717, 1.165) is 25.9 Å². The van der Waals surface area contributed by atoms with Crippen LogP contribution in [-0.4, -0.2) is 44.2 Å². The van der Waals surface area contributed by atoms with Gasteiger partial charge in [0.1, 0.15) is 12.4 Å². The van der Waals surface area contributed by atoms with E-state index < -0.39 is 0 Å². The van der Waals surface area contributed by atoms with Crippen LogP contribution >= 0.6 is 0 Å². The third-order valence-electron chi connectivity index (χ3n) is 3.34. The van der Waals surface area contributed by atoms with Crippen LogP contribution in [0.5, 0.6) is 5.75 Å². The van der Waals surface area contributed by atoms with E-state index in [1.165, 1.54) is 4.90 Å². The molecule has 0 saturated carbocycles. The Morgan fingerprint density at radius 3 is 2.90 bits per heavy atom. The Morgan fingerprint density at radius 1 is 1.45 bits per heavy atom. The van der Waals surface area contributed by atoms with Gasteiger partial charge in [0.25, 0.3) is 5.91 Å². The predicted molar refractivity (Wildman–Crippen MR) is 78.0 cm³/mol. The number of carbonyl (C=O) groups is 1. The summed E-state index contributed by atoms with van der Waals surface area (Å²) in [5.74, 6) is 0.433. The minimum absolute atomic E-state index is 0.0930. The quantitative estimate of drug-likeness (QED) is 0.855. The molecule has 1 unspecified atom stereocenters. The monoisotopic (exact) mass is 278 g/mol. The maximum atomic E-state index is 12.1. The average Bonchev–Trinajstić information content (AvgIpc) is 2.45. The zero-order valence-corrected chi connectivity index (χ0v) is 12.1. The summed E-state index contributed by atoms with van der Waals surface area (Å²) >= 11 is 0. The van der Waals surface area contributed by atoms with Crippen molar-refractivity contribution in [1.82, 2.24) is 4.90 Å². The summed E-state index contributed by atoms with van der Waals surface area (Å²) < 4.78 is 11.4. The molecule has 0 aromatic heterocycles. The van der Waals surface area contributed by atoms with Gasteiger partial charge in [-0.25, -0.2) is 0 Å². The molecular formula is C15H22N2O3. The summed E-state index contributed by atoms with van der Waals surface area (Å²) in [5.41, 5.74) is 6.89. The molecule has 5 heteroatoms. The highest BCUT2D eigenvalue weighted by Crippen LogP contribution is 2.24. The molecule has 0 spiro atoms. The number of nitrogens with two attached hydrogens (primary N) is 1. The van der Waals surface area contributed by atoms with Crippen LogP contribution in [0.3, 0.4) is 0 Å². The number of rotatable bonds is 4. The lowest BCUT2D eigenvalue weighted by molar-refractivity contribution is -0.0112. The van der Waals surface area contributed by atoms with Crippen molar-refractivity contribution in [3.8, 4) is 5.75 Å². The fourth-order valence-corrected chi connectivity index (χ4v) is 2.20. The molecule has 1 aromatic rings. The Labute approximate surface area is 119 Å². The SMILES string of the molecule is CN(C)C(=O)c1ccc(N)cc1OCC1CCCCO1. The number of nitrogens with zero attached hydrogens (tertiary/aromatic N) is 1. The maximum absolute atomic E-state index is 12.1. The van der Waals surface area contributed by atoms with Crippen LogP contribution in [0.25, 0.3) is 0 Å². The van der Waals surface area contributed by atoms with Gasteiger partial charge >= 0.3 is 0 Å². The van der Waals surface area contributed by atoms with Crippen LogP contribution in [-0.2, 0) is 4.74 Å². The molecule has 0 radical (unpaired) electrons. The molecule has 5 nitrogen and oxygen atoms in total. The first-order chi connectivity index (χ1) is 9.58. The molecule has 0 aliphatic carbocycles. The number of benzene rings is 1. The minimum Gasteiger partial charge on any atom is -0.490 e. The molecule has 1 amide bonds. The summed E-state index contributed by atoms with van der Waals surface area (Å²) in [4.78, 5) is 13.6. The second-order valence-electron chi connectivity index (χ2n) is 5.25. The van der Waals surface area contributed by atoms with E-state index >= 15 is 0 Å². The van der Waals surface area contributed by atoms with E-state index in [0.29, 0.717) is 23.6 Å². The van der Waals surface area contributed by atoms with E-state index in [1.54, 1.807) is 32.3 Å². The predicted octanol–water partition coefficient (Wildman–Crippen LogP) is 1.92. The average molecular weight is 278 g/mol. The lowest BCUT2D eigenvalue weighted by atomic mass is 10.1. The highest BCUT2D eigenvalue weighted by molar-refractivity contribution is 5.97. The van der Waals surface area contributed by atoms with Gasteiger partial charge in [-0.05, 0) is 31.4 Å². The number of anilines is 1. The molecule has 110 valence electrons. The second-order valence-corrected chi connectivity index (χ2v) is 5.25. The largest absolute Gasteiger partial charge is 0.490 e. The summed E-state index contributed by atoms with van der Waals surface area (Å²) in [7, 11) is 3.43. The van der Waals surface area contributed by atoms with Crippen LogP contribution in [0.2, 0.25) is 0 Å². The summed E-state index contributed by atoms with van der Waals surface area (Å²) in [6.45, 7) is 1.24. The molecule has 1 aromatic carbocycles. The van der Waals surface area contributed by atoms with E-state index in [2.05, 4.69) is 0 Å². The smallest absolute Gasteiger partial charge is 0.257 e. The number of carbonyl (C=O) groups excluding carboxylic acids is 1. The molecule has 1 atom stereocenters. The standard InChI is InChI=1S/C15H22N2O3/c1-17(2)15(18)13-7-6-11(16)9-14(13)20-10-12-5-3-4-8-19-12/h6-7,9,12H,3-5,8,10,16H2,1-2H3. The normalized spacial score (nSPS) is 18.6. The van der Waals surface area contributed by atoms with Gasteiger partial charge in [0.2, 0.25) is 0 Å². The number of hydrogen-bond acceptors (Lipinski definition) is 4. The van der Waals surface area contributed by atoms with Crippen LogP contribution in [0.4, 0.5) is 5.69 Å². The zero-order chi connectivity index (χ0) is 14.5. The van der Waals surface area contributed by atoms with Crippen LogP contribution in [0.15, 0.2) is 18.2 Å². The Morgan fingerprint density at radius 2 is 2.25 bits per heavy atom. The molecule has 2 N–H and O–H groups in total. The van der Waals surface area contributed by atoms with E-state index in [4.69, 9.17) is 15.2 Å². The number of amides is 1. The fourth-order valence-electron chi connectivity index (χ4n) is 2.20. The lowest BCUT2D eigenvalue weighted by Gasteiger charge is -2.23. The summed E-state index contributed by atoms with van der Waals surface area (Å²) in [6.07, 6.45) is 3.37. The molecular weight excluding hydrogens is 256 g/mol. The van der Waals surface area contributed by atoms with Crippen LogP contribution in [0.1, 0.15) is 29.6 Å². The van der Waals surface area contributed by atoms with Crippen LogP contribution in [0, 0.1) is 0 Å². The first-order valence-electron chi connectivity index (χ1n) is 6.93. The van der Waals surface area contributed by atoms with Crippen LogP contribution < -0.4 is 10.5 Å². The van der Waals surface area contributed by atoms with Crippen molar-refractivity contribution in [3.63, 3.8) is 0 Å². The molecule has 1 aliphatic rings. The van der Waals surface area contributed by atoms with Crippen molar-refractivity contribution >= 4 is 11.6 Å². The van der Waals surface area contributed by atoms with Gasteiger partial charge in [0.05, 0.1) is 11.7 Å². The second kappa shape index (κ2) is 6.61. The van der Waals surface area contributed by atoms with Crippen molar-refractivity contribution in [3.05, 3.63) is 23.8 Å². The zero-order valence-electron chi connectivity index (χ0n) is 12.1. The molecule has 1 saturated heterocycles. The highest BCUT2D eigenvalue weighted by atomic mass is 16.5. The third kappa shape index (κ3) is 3.63. The Balaban J connectivity index is 2.08. The van der Waals surface area contributed by atoms with E-state index in [9.17, 15) is 4.79 Å². The summed E-state index contributed by atoms with van der Waals surface area (Å²) in [5, 5.41) is 0. The Hall–Kier alpha value is -1.75. The number of hydrogen-bond donors (Lipinski definition) is 1. The number of ether oxygens (including phenoxy) is 2. The molecule has 2 rings (SSSR count). The molecule has 1 heterocycles. The topological polar surface area (TPSA) is 64.8 Å². The molecule has 1 fully saturated rings. The summed E-state index contributed by atoms with van der Waals surface area (Å²) in [6, 6.07) is 5.11. The van der Waals surface area contributed by atoms with Crippen molar-refractivity contribution in [2.24, 2.45) is 0 Å². The third-order valence-corrected chi connectivity index (χ3v) is 3.34. The van der Waals surface area contributed by atoms with Crippen molar-refractivity contribution in [2.75, 3.05) is 33.0 Å². The minimum atomic E-state index is -0.0930. The fraction of sp³-hybridized carbons (Fsp3) is 0.533. The molecule has 1 aliphatic heterocycles. The first kappa shape index (κ1) is 14.7. The van der Waals surface area contributed by atoms with Crippen molar-refractivity contribution < 1.29 is 14.3 Å². The first-order valence-corrected chi connectivity index (χ1v) is 6.93. The van der Waals surface area contributed by atoms with Gasteiger partial charge in [-0.3, -0.25) is 4.79 Å². The van der Waals surface area contributed by atoms with E-state index in [-0.39, 0.29) is 12.0 Å². The van der Waals surface area contributed by atoms with Gasteiger partial charge < -0.3 is 20.1 Å². The number of nitrogen functional groups attached to an aromatic ring is 1. The van der Waals surface area contributed by atoms with Crippen molar-refractivity contribution in [2.45, 2.75) is 25.4 Å². The van der Waals surface area contributed by atoms with Crippen molar-refractivity contribution in [1.29, 1.82) is 0 Å². The molecule has 0 bridgehead atoms. The molecule has 20 heavy (non-hydrogen) atoms. The van der Waals surface area contributed by atoms with Gasteiger partial charge in [-0.2, -0.15) is 0 Å².